The summed E-state index contributed by atoms with van der Waals surface area (Å²) in [6.07, 6.45) is 3.89. The molecule has 1 unspecified atom stereocenters. The Bertz CT molecular complexity index is 958. The zero-order valence-electron chi connectivity index (χ0n) is 18.9. The van der Waals surface area contributed by atoms with E-state index in [9.17, 15) is 9.59 Å². The summed E-state index contributed by atoms with van der Waals surface area (Å²) in [5.74, 6) is 1.30. The zero-order valence-corrected chi connectivity index (χ0v) is 18.9. The van der Waals surface area contributed by atoms with Gasteiger partial charge in [-0.25, -0.2) is 9.97 Å². The first-order valence-corrected chi connectivity index (χ1v) is 11.4. The largest absolute Gasteiger partial charge is 0.342 e. The third kappa shape index (κ3) is 4.94. The number of rotatable bonds is 5. The third-order valence-corrected chi connectivity index (χ3v) is 6.57. The molecular formula is C25H32N4O2. The van der Waals surface area contributed by atoms with Crippen molar-refractivity contribution in [1.29, 1.82) is 0 Å². The van der Waals surface area contributed by atoms with Crippen LogP contribution in [0.2, 0.25) is 0 Å². The van der Waals surface area contributed by atoms with Gasteiger partial charge in [0.15, 0.2) is 0 Å². The summed E-state index contributed by atoms with van der Waals surface area (Å²) in [4.78, 5) is 38.8. The molecule has 3 heterocycles. The maximum absolute atomic E-state index is 12.8. The molecule has 0 N–H and O–H groups in total. The molecule has 31 heavy (non-hydrogen) atoms. The highest BCUT2D eigenvalue weighted by molar-refractivity contribution is 5.80. The number of hydrogen-bond donors (Lipinski definition) is 0. The summed E-state index contributed by atoms with van der Waals surface area (Å²) in [5.41, 5.74) is 4.96. The minimum Gasteiger partial charge on any atom is -0.342 e. The highest BCUT2D eigenvalue weighted by Crippen LogP contribution is 2.27. The van der Waals surface area contributed by atoms with Crippen molar-refractivity contribution in [2.45, 2.75) is 58.8 Å². The molecule has 6 nitrogen and oxygen atoms in total. The second-order valence-electron chi connectivity index (χ2n) is 8.99. The SMILES string of the molecule is Cc1cccc(CC(=O)N2CCC(c3nc(C)c(CC(=O)N4CCCC4)c(C)n3)C2)c1. The minimum atomic E-state index is 0.155. The Morgan fingerprint density at radius 3 is 2.29 bits per heavy atom. The number of aryl methyl sites for hydroxylation is 3. The number of amides is 2. The number of benzene rings is 1. The second-order valence-corrected chi connectivity index (χ2v) is 8.99. The molecule has 2 aromatic rings. The summed E-state index contributed by atoms with van der Waals surface area (Å²) >= 11 is 0. The molecule has 1 aromatic carbocycles. The van der Waals surface area contributed by atoms with Crippen LogP contribution < -0.4 is 0 Å². The molecule has 2 amide bonds. The molecule has 2 aliphatic heterocycles. The van der Waals surface area contributed by atoms with Gasteiger partial charge in [0.1, 0.15) is 5.82 Å². The highest BCUT2D eigenvalue weighted by Gasteiger charge is 2.30. The Morgan fingerprint density at radius 1 is 0.935 bits per heavy atom. The predicted molar refractivity (Wildman–Crippen MR) is 120 cm³/mol. The van der Waals surface area contributed by atoms with Crippen LogP contribution in [0.15, 0.2) is 24.3 Å². The molecule has 2 saturated heterocycles. The number of carbonyl (C=O) groups is 2. The first kappa shape index (κ1) is 21.5. The van der Waals surface area contributed by atoms with Gasteiger partial charge >= 0.3 is 0 Å². The van der Waals surface area contributed by atoms with Crippen molar-refractivity contribution in [3.05, 3.63) is 58.2 Å². The van der Waals surface area contributed by atoms with Crippen LogP contribution >= 0.6 is 0 Å². The van der Waals surface area contributed by atoms with E-state index in [0.717, 1.165) is 67.2 Å². The maximum atomic E-state index is 12.8. The van der Waals surface area contributed by atoms with Crippen LogP contribution in [-0.2, 0) is 22.4 Å². The average molecular weight is 421 g/mol. The first-order valence-electron chi connectivity index (χ1n) is 11.4. The first-order chi connectivity index (χ1) is 14.9. The topological polar surface area (TPSA) is 66.4 Å². The van der Waals surface area contributed by atoms with E-state index in [4.69, 9.17) is 9.97 Å². The molecular weight excluding hydrogens is 388 g/mol. The summed E-state index contributed by atoms with van der Waals surface area (Å²) < 4.78 is 0. The normalized spacial score (nSPS) is 18.6. The molecule has 0 aliphatic carbocycles. The fourth-order valence-electron chi connectivity index (χ4n) is 4.74. The summed E-state index contributed by atoms with van der Waals surface area (Å²) in [7, 11) is 0. The molecule has 164 valence electrons. The summed E-state index contributed by atoms with van der Waals surface area (Å²) in [6.45, 7) is 9.13. The number of aromatic nitrogens is 2. The standard InChI is InChI=1S/C25H32N4O2/c1-17-7-6-8-20(13-17)14-23(30)29-12-9-21(16-29)25-26-18(2)22(19(3)27-25)15-24(31)28-10-4-5-11-28/h6-8,13,21H,4-5,9-12,14-16H2,1-3H3. The smallest absolute Gasteiger partial charge is 0.227 e. The number of nitrogens with zero attached hydrogens (tertiary/aromatic N) is 4. The molecule has 0 spiro atoms. The van der Waals surface area contributed by atoms with Crippen molar-refractivity contribution in [3.8, 4) is 0 Å². The van der Waals surface area contributed by atoms with Crippen LogP contribution in [0.5, 0.6) is 0 Å². The Hall–Kier alpha value is -2.76. The lowest BCUT2D eigenvalue weighted by atomic mass is 10.0. The van der Waals surface area contributed by atoms with Gasteiger partial charge in [0.25, 0.3) is 0 Å². The Labute approximate surface area is 184 Å². The van der Waals surface area contributed by atoms with E-state index in [1.54, 1.807) is 0 Å². The number of carbonyl (C=O) groups excluding carboxylic acids is 2. The molecule has 0 saturated carbocycles. The van der Waals surface area contributed by atoms with Crippen molar-refractivity contribution in [2.75, 3.05) is 26.2 Å². The lowest BCUT2D eigenvalue weighted by Crippen LogP contribution is -2.30. The van der Waals surface area contributed by atoms with Crippen LogP contribution in [0, 0.1) is 20.8 Å². The van der Waals surface area contributed by atoms with Gasteiger partial charge in [-0.05, 0) is 45.6 Å². The number of hydrogen-bond acceptors (Lipinski definition) is 4. The quantitative estimate of drug-likeness (QED) is 0.745. The molecule has 0 bridgehead atoms. The molecule has 1 aromatic heterocycles. The van der Waals surface area contributed by atoms with Crippen molar-refractivity contribution in [3.63, 3.8) is 0 Å². The predicted octanol–water partition coefficient (Wildman–Crippen LogP) is 3.13. The fourth-order valence-corrected chi connectivity index (χ4v) is 4.74. The third-order valence-electron chi connectivity index (χ3n) is 6.57. The summed E-state index contributed by atoms with van der Waals surface area (Å²) in [6, 6.07) is 8.13. The van der Waals surface area contributed by atoms with Crippen molar-refractivity contribution < 1.29 is 9.59 Å². The van der Waals surface area contributed by atoms with E-state index in [2.05, 4.69) is 6.07 Å². The molecule has 2 aliphatic rings. The van der Waals surface area contributed by atoms with Crippen molar-refractivity contribution >= 4 is 11.8 Å². The zero-order chi connectivity index (χ0) is 22.0. The summed E-state index contributed by atoms with van der Waals surface area (Å²) in [5, 5.41) is 0. The minimum absolute atomic E-state index is 0.155. The van der Waals surface area contributed by atoms with E-state index < -0.39 is 0 Å². The fraction of sp³-hybridized carbons (Fsp3) is 0.520. The van der Waals surface area contributed by atoms with E-state index in [1.165, 1.54) is 5.56 Å². The molecule has 0 radical (unpaired) electrons. The van der Waals surface area contributed by atoms with Crippen LogP contribution in [0.25, 0.3) is 0 Å². The lowest BCUT2D eigenvalue weighted by molar-refractivity contribution is -0.130. The molecule has 6 heteroatoms. The van der Waals surface area contributed by atoms with Crippen LogP contribution in [-0.4, -0.2) is 57.8 Å². The van der Waals surface area contributed by atoms with Crippen molar-refractivity contribution in [1.82, 2.24) is 19.8 Å². The average Bonchev–Trinajstić information content (AvgIpc) is 3.43. The molecule has 1 atom stereocenters. The maximum Gasteiger partial charge on any atom is 0.227 e. The van der Waals surface area contributed by atoms with Crippen molar-refractivity contribution in [2.24, 2.45) is 0 Å². The van der Waals surface area contributed by atoms with Gasteiger partial charge in [0, 0.05) is 49.0 Å². The van der Waals surface area contributed by atoms with Crippen LogP contribution in [0.4, 0.5) is 0 Å². The van der Waals surface area contributed by atoms with Crippen LogP contribution in [0.1, 0.15) is 59.1 Å². The highest BCUT2D eigenvalue weighted by atomic mass is 16.2. The van der Waals surface area contributed by atoms with E-state index >= 15 is 0 Å². The number of likely N-dealkylation sites (tertiary alicyclic amines) is 2. The van der Waals surface area contributed by atoms with Crippen LogP contribution in [0.3, 0.4) is 0 Å². The lowest BCUT2D eigenvalue weighted by Gasteiger charge is -2.19. The van der Waals surface area contributed by atoms with E-state index in [0.29, 0.717) is 19.4 Å². The van der Waals surface area contributed by atoms with Gasteiger partial charge in [-0.1, -0.05) is 29.8 Å². The van der Waals surface area contributed by atoms with Gasteiger partial charge < -0.3 is 9.80 Å². The Balaban J connectivity index is 1.40. The monoisotopic (exact) mass is 420 g/mol. The van der Waals surface area contributed by atoms with Gasteiger partial charge in [-0.3, -0.25) is 9.59 Å². The Kier molecular flexibility index (Phi) is 6.35. The second kappa shape index (κ2) is 9.16. The van der Waals surface area contributed by atoms with Gasteiger partial charge in [0.2, 0.25) is 11.8 Å². The molecule has 2 fully saturated rings. The van der Waals surface area contributed by atoms with Gasteiger partial charge in [-0.15, -0.1) is 0 Å². The van der Waals surface area contributed by atoms with Gasteiger partial charge in [0.05, 0.1) is 12.8 Å². The van der Waals surface area contributed by atoms with E-state index in [1.807, 2.05) is 48.8 Å². The van der Waals surface area contributed by atoms with Gasteiger partial charge in [-0.2, -0.15) is 0 Å². The molecule has 4 rings (SSSR count). The van der Waals surface area contributed by atoms with E-state index in [-0.39, 0.29) is 17.7 Å². The Morgan fingerprint density at radius 2 is 1.61 bits per heavy atom.